The van der Waals surface area contributed by atoms with Gasteiger partial charge in [-0.3, -0.25) is 4.79 Å². The van der Waals surface area contributed by atoms with E-state index in [4.69, 9.17) is 4.74 Å². The third kappa shape index (κ3) is 3.27. The fraction of sp³-hybridized carbons (Fsp3) is 0.350. The predicted octanol–water partition coefficient (Wildman–Crippen LogP) is 3.10. The van der Waals surface area contributed by atoms with Crippen molar-refractivity contribution in [2.45, 2.75) is 30.7 Å². The summed E-state index contributed by atoms with van der Waals surface area (Å²) < 4.78 is 47.3. The summed E-state index contributed by atoms with van der Waals surface area (Å²) in [6, 6.07) is 10.2. The Kier molecular flexibility index (Phi) is 4.84. The van der Waals surface area contributed by atoms with Gasteiger partial charge in [0.05, 0.1) is 23.2 Å². The molecule has 6 nitrogen and oxygen atoms in total. The Hall–Kier alpha value is -2.45. The lowest BCUT2D eigenvalue weighted by atomic mass is 10.1. The van der Waals surface area contributed by atoms with Crippen LogP contribution in [0.4, 0.5) is 10.1 Å². The Balaban J connectivity index is 1.72. The molecule has 2 aliphatic heterocycles. The van der Waals surface area contributed by atoms with Crippen molar-refractivity contribution < 1.29 is 22.3 Å². The Labute approximate surface area is 163 Å². The summed E-state index contributed by atoms with van der Waals surface area (Å²) in [5.41, 5.74) is 1.11. The maximum atomic E-state index is 13.7. The molecular weight excluding hydrogens is 383 g/mol. The molecule has 28 heavy (non-hydrogen) atoms. The van der Waals surface area contributed by atoms with Crippen molar-refractivity contribution in [2.75, 3.05) is 24.6 Å². The number of anilines is 1. The normalized spacial score (nSPS) is 19.9. The minimum Gasteiger partial charge on any atom is -0.490 e. The lowest BCUT2D eigenvalue weighted by Crippen LogP contribution is -2.37. The van der Waals surface area contributed by atoms with Crippen molar-refractivity contribution in [3.63, 3.8) is 0 Å². The number of fused-ring (bicyclic) bond motifs is 1. The van der Waals surface area contributed by atoms with Gasteiger partial charge >= 0.3 is 0 Å². The number of carbonyl (C=O) groups excluding carboxylic acids is 1. The van der Waals surface area contributed by atoms with E-state index in [0.29, 0.717) is 49.5 Å². The Morgan fingerprint density at radius 2 is 2.00 bits per heavy atom. The van der Waals surface area contributed by atoms with Crippen molar-refractivity contribution in [1.82, 2.24) is 4.31 Å². The number of sulfonamides is 1. The minimum atomic E-state index is -3.81. The summed E-state index contributed by atoms with van der Waals surface area (Å²) in [4.78, 5) is 13.5. The van der Waals surface area contributed by atoms with Crippen LogP contribution in [0.5, 0.6) is 5.75 Å². The highest BCUT2D eigenvalue weighted by Crippen LogP contribution is 2.39. The first kappa shape index (κ1) is 18.9. The third-order valence-electron chi connectivity index (χ3n) is 5.22. The quantitative estimate of drug-likeness (QED) is 0.789. The summed E-state index contributed by atoms with van der Waals surface area (Å²) in [6.45, 7) is 2.55. The number of amides is 1. The van der Waals surface area contributed by atoms with Gasteiger partial charge in [0, 0.05) is 13.5 Å². The van der Waals surface area contributed by atoms with E-state index in [1.54, 1.807) is 18.2 Å². The number of carbonyl (C=O) groups is 1. The molecule has 1 amide bonds. The largest absolute Gasteiger partial charge is 0.490 e. The van der Waals surface area contributed by atoms with E-state index in [1.807, 2.05) is 0 Å². The molecule has 2 heterocycles. The second-order valence-electron chi connectivity index (χ2n) is 6.98. The van der Waals surface area contributed by atoms with Crippen LogP contribution < -0.4 is 9.64 Å². The van der Waals surface area contributed by atoms with Crippen molar-refractivity contribution in [2.24, 2.45) is 0 Å². The summed E-state index contributed by atoms with van der Waals surface area (Å²) >= 11 is 0. The maximum absolute atomic E-state index is 13.7. The van der Waals surface area contributed by atoms with Gasteiger partial charge in [-0.05, 0) is 48.7 Å². The zero-order valence-corrected chi connectivity index (χ0v) is 16.3. The lowest BCUT2D eigenvalue weighted by Gasteiger charge is -2.30. The van der Waals surface area contributed by atoms with Gasteiger partial charge in [-0.1, -0.05) is 12.1 Å². The maximum Gasteiger partial charge on any atom is 0.243 e. The Morgan fingerprint density at radius 1 is 1.18 bits per heavy atom. The fourth-order valence-corrected chi connectivity index (χ4v) is 5.60. The average molecular weight is 404 g/mol. The number of nitrogens with zero attached hydrogens (tertiary/aromatic N) is 2. The van der Waals surface area contributed by atoms with Crippen LogP contribution in [-0.2, 0) is 14.8 Å². The minimum absolute atomic E-state index is 0.103. The lowest BCUT2D eigenvalue weighted by molar-refractivity contribution is -0.116. The van der Waals surface area contributed by atoms with Crippen LogP contribution in [0.1, 0.15) is 31.4 Å². The van der Waals surface area contributed by atoms with Crippen LogP contribution in [0.15, 0.2) is 47.4 Å². The van der Waals surface area contributed by atoms with E-state index in [1.165, 1.54) is 40.4 Å². The van der Waals surface area contributed by atoms with Gasteiger partial charge in [0.2, 0.25) is 15.9 Å². The van der Waals surface area contributed by atoms with Gasteiger partial charge < -0.3 is 9.64 Å². The van der Waals surface area contributed by atoms with Crippen LogP contribution in [0.2, 0.25) is 0 Å². The zero-order valence-electron chi connectivity index (χ0n) is 15.5. The highest BCUT2D eigenvalue weighted by Gasteiger charge is 2.37. The molecule has 0 aliphatic carbocycles. The molecule has 1 fully saturated rings. The summed E-state index contributed by atoms with van der Waals surface area (Å²) in [7, 11) is -3.81. The number of benzene rings is 2. The molecule has 148 valence electrons. The average Bonchev–Trinajstić information content (AvgIpc) is 3.17. The number of hydrogen-bond acceptors (Lipinski definition) is 4. The summed E-state index contributed by atoms with van der Waals surface area (Å²) in [5, 5.41) is 0. The Morgan fingerprint density at radius 3 is 2.75 bits per heavy atom. The molecule has 0 N–H and O–H groups in total. The summed E-state index contributed by atoms with van der Waals surface area (Å²) in [5.74, 6) is -0.0637. The molecule has 0 bridgehead atoms. The van der Waals surface area contributed by atoms with Crippen molar-refractivity contribution in [3.8, 4) is 5.75 Å². The second-order valence-corrected chi connectivity index (χ2v) is 8.87. The van der Waals surface area contributed by atoms with Crippen LogP contribution in [0.3, 0.4) is 0 Å². The van der Waals surface area contributed by atoms with Crippen LogP contribution in [0, 0.1) is 5.82 Å². The number of ether oxygens (including phenoxy) is 1. The molecule has 4 rings (SSSR count). The second kappa shape index (κ2) is 7.18. The molecule has 8 heteroatoms. The summed E-state index contributed by atoms with van der Waals surface area (Å²) in [6.07, 6.45) is 1.34. The topological polar surface area (TPSA) is 66.9 Å². The standard InChI is InChI=1S/C20H21FN2O4S/c1-14(24)22-10-11-27-20-8-7-17(13-19(20)22)28(25,26)23-9-3-6-18(23)15-4-2-5-16(21)12-15/h2,4-5,7-8,12-13,18H,3,6,9-11H2,1H3/t18-/m0/s1. The first-order chi connectivity index (χ1) is 13.4. The van der Waals surface area contributed by atoms with Gasteiger partial charge in [0.1, 0.15) is 18.2 Å². The zero-order chi connectivity index (χ0) is 19.9. The molecule has 0 saturated carbocycles. The van der Waals surface area contributed by atoms with Crippen molar-refractivity contribution in [1.29, 1.82) is 0 Å². The van der Waals surface area contributed by atoms with E-state index in [-0.39, 0.29) is 16.6 Å². The molecule has 0 unspecified atom stereocenters. The molecule has 0 aromatic heterocycles. The molecule has 2 aromatic carbocycles. The van der Waals surface area contributed by atoms with Gasteiger partial charge in [0.25, 0.3) is 0 Å². The SMILES string of the molecule is CC(=O)N1CCOc2ccc(S(=O)(=O)N3CCC[C@H]3c3cccc(F)c3)cc21. The van der Waals surface area contributed by atoms with Gasteiger partial charge in [-0.2, -0.15) is 4.31 Å². The van der Waals surface area contributed by atoms with E-state index < -0.39 is 16.1 Å². The number of hydrogen-bond donors (Lipinski definition) is 0. The van der Waals surface area contributed by atoms with Gasteiger partial charge in [-0.15, -0.1) is 0 Å². The molecule has 2 aromatic rings. The van der Waals surface area contributed by atoms with E-state index in [0.717, 1.165) is 0 Å². The Bertz CT molecular complexity index is 1020. The highest BCUT2D eigenvalue weighted by atomic mass is 32.2. The van der Waals surface area contributed by atoms with Gasteiger partial charge in [-0.25, -0.2) is 12.8 Å². The monoisotopic (exact) mass is 404 g/mol. The van der Waals surface area contributed by atoms with Crippen LogP contribution in [0.25, 0.3) is 0 Å². The van der Waals surface area contributed by atoms with E-state index >= 15 is 0 Å². The van der Waals surface area contributed by atoms with E-state index in [2.05, 4.69) is 0 Å². The third-order valence-corrected chi connectivity index (χ3v) is 7.12. The molecule has 0 spiro atoms. The molecule has 2 aliphatic rings. The first-order valence-electron chi connectivity index (χ1n) is 9.20. The van der Waals surface area contributed by atoms with E-state index in [9.17, 15) is 17.6 Å². The predicted molar refractivity (Wildman–Crippen MR) is 102 cm³/mol. The number of rotatable bonds is 3. The van der Waals surface area contributed by atoms with Crippen LogP contribution >= 0.6 is 0 Å². The molecule has 1 saturated heterocycles. The van der Waals surface area contributed by atoms with Gasteiger partial charge in [0.15, 0.2) is 0 Å². The molecule has 0 radical (unpaired) electrons. The highest BCUT2D eigenvalue weighted by molar-refractivity contribution is 7.89. The van der Waals surface area contributed by atoms with Crippen molar-refractivity contribution in [3.05, 3.63) is 53.8 Å². The molecular formula is C20H21FN2O4S. The number of halogens is 1. The fourth-order valence-electron chi connectivity index (χ4n) is 3.90. The van der Waals surface area contributed by atoms with Crippen LogP contribution in [-0.4, -0.2) is 38.3 Å². The molecule has 1 atom stereocenters. The smallest absolute Gasteiger partial charge is 0.243 e. The van der Waals surface area contributed by atoms with Crippen molar-refractivity contribution >= 4 is 21.6 Å². The first-order valence-corrected chi connectivity index (χ1v) is 10.6.